The monoisotopic (exact) mass is 411 g/mol. The Kier molecular flexibility index (Phi) is 6.45. The first kappa shape index (κ1) is 20.1. The number of hydrogen-bond donors (Lipinski definition) is 2. The molecule has 0 unspecified atom stereocenters. The molecule has 0 saturated carbocycles. The number of fused-ring (bicyclic) bond motifs is 1. The van der Waals surface area contributed by atoms with Crippen molar-refractivity contribution in [3.05, 3.63) is 46.3 Å². The van der Waals surface area contributed by atoms with Crippen LogP contribution in [0.4, 0.5) is 13.2 Å². The Balaban J connectivity index is 1.51. The minimum absolute atomic E-state index is 0.0882. The van der Waals surface area contributed by atoms with Crippen LogP contribution in [-0.4, -0.2) is 38.6 Å². The van der Waals surface area contributed by atoms with E-state index in [4.69, 9.17) is 0 Å². The van der Waals surface area contributed by atoms with E-state index >= 15 is 0 Å². The van der Waals surface area contributed by atoms with Gasteiger partial charge in [-0.15, -0.1) is 21.5 Å². The smallest absolute Gasteiger partial charge is 0.357 e. The topological polar surface area (TPSA) is 79.5 Å². The van der Waals surface area contributed by atoms with Gasteiger partial charge in [-0.1, -0.05) is 6.07 Å². The number of nitrogens with one attached hydrogen (secondary N) is 2. The van der Waals surface area contributed by atoms with Gasteiger partial charge < -0.3 is 10.6 Å². The summed E-state index contributed by atoms with van der Waals surface area (Å²) in [6, 6.07) is 5.74. The first-order valence-electron chi connectivity index (χ1n) is 8.80. The van der Waals surface area contributed by atoms with E-state index in [1.807, 2.05) is 35.7 Å². The Morgan fingerprint density at radius 3 is 2.86 bits per heavy atom. The van der Waals surface area contributed by atoms with Crippen LogP contribution in [0.5, 0.6) is 0 Å². The number of aryl methyl sites for hydroxylation is 1. The number of alkyl halides is 3. The summed E-state index contributed by atoms with van der Waals surface area (Å²) < 4.78 is 39.8. The number of thiazole rings is 1. The van der Waals surface area contributed by atoms with Crippen molar-refractivity contribution in [3.8, 4) is 0 Å². The van der Waals surface area contributed by atoms with Crippen LogP contribution in [0.15, 0.2) is 34.8 Å². The first-order valence-corrected chi connectivity index (χ1v) is 9.67. The van der Waals surface area contributed by atoms with Crippen molar-refractivity contribution in [1.29, 1.82) is 0 Å². The molecule has 3 heterocycles. The molecule has 28 heavy (non-hydrogen) atoms. The fraction of sp³-hybridized carbons (Fsp3) is 0.412. The summed E-state index contributed by atoms with van der Waals surface area (Å²) in [5.74, 6) is 1.42. The average molecular weight is 411 g/mol. The Morgan fingerprint density at radius 2 is 2.11 bits per heavy atom. The van der Waals surface area contributed by atoms with Gasteiger partial charge in [-0.2, -0.15) is 13.2 Å². The van der Waals surface area contributed by atoms with Gasteiger partial charge >= 0.3 is 6.18 Å². The number of aliphatic imine (C=N–C) groups is 1. The highest BCUT2D eigenvalue weighted by atomic mass is 32.1. The van der Waals surface area contributed by atoms with Gasteiger partial charge in [0.05, 0.1) is 6.54 Å². The summed E-state index contributed by atoms with van der Waals surface area (Å²) in [6.45, 7) is 3.29. The van der Waals surface area contributed by atoms with Gasteiger partial charge in [0.25, 0.3) is 0 Å². The second kappa shape index (κ2) is 9.00. The van der Waals surface area contributed by atoms with Gasteiger partial charge in [0.2, 0.25) is 0 Å². The molecule has 150 valence electrons. The number of nitrogens with zero attached hydrogens (tertiary/aromatic N) is 5. The van der Waals surface area contributed by atoms with Gasteiger partial charge in [-0.3, -0.25) is 4.40 Å². The molecule has 0 bridgehead atoms. The van der Waals surface area contributed by atoms with E-state index in [1.54, 1.807) is 0 Å². The van der Waals surface area contributed by atoms with E-state index in [-0.39, 0.29) is 6.54 Å². The number of halogens is 3. The SMILES string of the molecule is CCNC(=NCc1nc(C(F)(F)F)cs1)NCCCc1nnc2ccccn12. The van der Waals surface area contributed by atoms with Gasteiger partial charge in [0.1, 0.15) is 10.8 Å². The molecule has 0 aliphatic heterocycles. The minimum Gasteiger partial charge on any atom is -0.357 e. The Labute approximate surface area is 163 Å². The minimum atomic E-state index is -4.42. The molecule has 11 heteroatoms. The van der Waals surface area contributed by atoms with Crippen molar-refractivity contribution in [2.24, 2.45) is 4.99 Å². The fourth-order valence-electron chi connectivity index (χ4n) is 2.52. The molecule has 0 amide bonds. The van der Waals surface area contributed by atoms with Crippen molar-refractivity contribution in [1.82, 2.24) is 30.2 Å². The van der Waals surface area contributed by atoms with Crippen LogP contribution < -0.4 is 10.6 Å². The number of hydrogen-bond acceptors (Lipinski definition) is 5. The fourth-order valence-corrected chi connectivity index (χ4v) is 3.24. The maximum Gasteiger partial charge on any atom is 0.434 e. The molecule has 0 fully saturated rings. The molecule has 3 rings (SSSR count). The molecule has 0 radical (unpaired) electrons. The summed E-state index contributed by atoms with van der Waals surface area (Å²) in [6.07, 6.45) is -0.964. The summed E-state index contributed by atoms with van der Waals surface area (Å²) in [5, 5.41) is 15.9. The van der Waals surface area contributed by atoms with E-state index in [2.05, 4.69) is 30.8 Å². The molecule has 0 aromatic carbocycles. The Bertz CT molecular complexity index is 932. The van der Waals surface area contributed by atoms with Crippen molar-refractivity contribution < 1.29 is 13.2 Å². The molecule has 0 atom stereocenters. The van der Waals surface area contributed by atoms with Crippen LogP contribution in [-0.2, 0) is 19.1 Å². The molecule has 2 N–H and O–H groups in total. The summed E-state index contributed by atoms with van der Waals surface area (Å²) in [7, 11) is 0. The van der Waals surface area contributed by atoms with Gasteiger partial charge in [0, 0.05) is 31.1 Å². The van der Waals surface area contributed by atoms with Crippen LogP contribution >= 0.6 is 11.3 Å². The van der Waals surface area contributed by atoms with Crippen LogP contribution in [0.1, 0.15) is 29.9 Å². The average Bonchev–Trinajstić information content (AvgIpc) is 3.30. The van der Waals surface area contributed by atoms with E-state index in [9.17, 15) is 13.2 Å². The van der Waals surface area contributed by atoms with Gasteiger partial charge in [-0.05, 0) is 25.5 Å². The molecule has 0 aliphatic carbocycles. The van der Waals surface area contributed by atoms with Crippen molar-refractivity contribution >= 4 is 22.9 Å². The van der Waals surface area contributed by atoms with Crippen LogP contribution in [0.25, 0.3) is 5.65 Å². The summed E-state index contributed by atoms with van der Waals surface area (Å²) in [4.78, 5) is 7.89. The van der Waals surface area contributed by atoms with Gasteiger partial charge in [0.15, 0.2) is 17.3 Å². The van der Waals surface area contributed by atoms with Gasteiger partial charge in [-0.25, -0.2) is 9.98 Å². The highest BCUT2D eigenvalue weighted by Crippen LogP contribution is 2.30. The third-order valence-corrected chi connectivity index (χ3v) is 4.65. The standard InChI is InChI=1S/C17H20F3N7S/c1-2-21-16(23-10-15-24-12(11-28-15)17(18,19)20)22-8-5-7-14-26-25-13-6-3-4-9-27(13)14/h3-4,6,9,11H,2,5,7-8,10H2,1H3,(H2,21,22,23). The maximum absolute atomic E-state index is 12.6. The number of pyridine rings is 1. The second-order valence-corrected chi connectivity index (χ2v) is 6.84. The molecule has 7 nitrogen and oxygen atoms in total. The quantitative estimate of drug-likeness (QED) is 0.355. The third kappa shape index (κ3) is 5.18. The van der Waals surface area contributed by atoms with Crippen molar-refractivity contribution in [2.75, 3.05) is 13.1 Å². The summed E-state index contributed by atoms with van der Waals surface area (Å²) >= 11 is 0.952. The molecule has 3 aromatic heterocycles. The van der Waals surface area contributed by atoms with E-state index in [0.717, 1.165) is 41.0 Å². The predicted molar refractivity (Wildman–Crippen MR) is 101 cm³/mol. The predicted octanol–water partition coefficient (Wildman–Crippen LogP) is 2.89. The lowest BCUT2D eigenvalue weighted by molar-refractivity contribution is -0.140. The second-order valence-electron chi connectivity index (χ2n) is 5.89. The molecule has 0 saturated heterocycles. The first-order chi connectivity index (χ1) is 13.5. The molecule has 3 aromatic rings. The molecule has 0 spiro atoms. The Morgan fingerprint density at radius 1 is 1.25 bits per heavy atom. The third-order valence-electron chi connectivity index (χ3n) is 3.81. The zero-order valence-electron chi connectivity index (χ0n) is 15.2. The molecular weight excluding hydrogens is 391 g/mol. The van der Waals surface area contributed by atoms with Crippen LogP contribution in [0.2, 0.25) is 0 Å². The van der Waals surface area contributed by atoms with E-state index in [1.165, 1.54) is 0 Å². The molecule has 0 aliphatic rings. The number of guanidine groups is 1. The van der Waals surface area contributed by atoms with Crippen molar-refractivity contribution in [2.45, 2.75) is 32.5 Å². The highest BCUT2D eigenvalue weighted by Gasteiger charge is 2.33. The zero-order chi connectivity index (χ0) is 20.0. The maximum atomic E-state index is 12.6. The Hall–Kier alpha value is -2.69. The number of rotatable bonds is 7. The largest absolute Gasteiger partial charge is 0.434 e. The van der Waals surface area contributed by atoms with Crippen molar-refractivity contribution in [3.63, 3.8) is 0 Å². The number of aromatic nitrogens is 4. The summed E-state index contributed by atoms with van der Waals surface area (Å²) in [5.41, 5.74) is -0.0665. The highest BCUT2D eigenvalue weighted by molar-refractivity contribution is 7.09. The van der Waals surface area contributed by atoms with E-state index < -0.39 is 11.9 Å². The lowest BCUT2D eigenvalue weighted by atomic mass is 10.3. The van der Waals surface area contributed by atoms with Crippen LogP contribution in [0, 0.1) is 0 Å². The molecular formula is C17H20F3N7S. The lowest BCUT2D eigenvalue weighted by Gasteiger charge is -2.10. The van der Waals surface area contributed by atoms with Crippen LogP contribution in [0.3, 0.4) is 0 Å². The zero-order valence-corrected chi connectivity index (χ0v) is 16.0. The normalized spacial score (nSPS) is 12.5. The van der Waals surface area contributed by atoms with E-state index in [0.29, 0.717) is 24.1 Å². The lowest BCUT2D eigenvalue weighted by Crippen LogP contribution is -2.37.